The van der Waals surface area contributed by atoms with E-state index in [1.54, 1.807) is 25.2 Å². The van der Waals surface area contributed by atoms with Crippen LogP contribution < -0.4 is 5.32 Å². The lowest BCUT2D eigenvalue weighted by Gasteiger charge is -2.08. The zero-order chi connectivity index (χ0) is 13.1. The minimum Gasteiger partial charge on any atom is -0.316 e. The molecule has 94 valence electrons. The Labute approximate surface area is 116 Å². The highest BCUT2D eigenvalue weighted by molar-refractivity contribution is 6.43. The van der Waals surface area contributed by atoms with Gasteiger partial charge < -0.3 is 5.32 Å². The summed E-state index contributed by atoms with van der Waals surface area (Å²) in [5, 5.41) is 3.83. The molecule has 0 saturated carbocycles. The van der Waals surface area contributed by atoms with Crippen molar-refractivity contribution in [2.75, 3.05) is 7.05 Å². The molecule has 0 amide bonds. The van der Waals surface area contributed by atoms with E-state index < -0.39 is 0 Å². The van der Waals surface area contributed by atoms with Crippen LogP contribution in [0, 0.1) is 5.82 Å². The van der Waals surface area contributed by atoms with Crippen molar-refractivity contribution in [1.29, 1.82) is 0 Å². The van der Waals surface area contributed by atoms with Gasteiger partial charge in [-0.15, -0.1) is 0 Å². The lowest BCUT2D eigenvalue weighted by molar-refractivity contribution is 0.601. The molecule has 0 radical (unpaired) electrons. The molecular weight excluding hydrogens is 272 g/mol. The van der Waals surface area contributed by atoms with E-state index in [1.165, 1.54) is 6.07 Å². The highest BCUT2D eigenvalue weighted by Gasteiger charge is 2.09. The molecule has 0 spiro atoms. The van der Waals surface area contributed by atoms with Gasteiger partial charge in [0.2, 0.25) is 0 Å². The lowest BCUT2D eigenvalue weighted by atomic mass is 10.0. The smallest absolute Gasteiger partial charge is 0.128 e. The molecule has 1 N–H and O–H groups in total. The van der Waals surface area contributed by atoms with Gasteiger partial charge in [0.15, 0.2) is 0 Å². The normalized spacial score (nSPS) is 10.7. The summed E-state index contributed by atoms with van der Waals surface area (Å²) in [6.45, 7) is 0.495. The Kier molecular flexibility index (Phi) is 4.23. The Morgan fingerprint density at radius 2 is 1.94 bits per heavy atom. The van der Waals surface area contributed by atoms with Crippen molar-refractivity contribution in [1.82, 2.24) is 5.32 Å². The fourth-order valence-corrected chi connectivity index (χ4v) is 2.19. The molecule has 0 aliphatic heterocycles. The molecule has 0 aliphatic rings. The molecular formula is C14H12Cl2FN. The molecule has 2 rings (SSSR count). The Morgan fingerprint density at radius 1 is 1.17 bits per heavy atom. The summed E-state index contributed by atoms with van der Waals surface area (Å²) in [6, 6.07) is 10.4. The minimum absolute atomic E-state index is 0.252. The van der Waals surface area contributed by atoms with Crippen LogP contribution in [0.5, 0.6) is 0 Å². The lowest BCUT2D eigenvalue weighted by Crippen LogP contribution is -2.06. The van der Waals surface area contributed by atoms with Crippen molar-refractivity contribution in [3.8, 4) is 11.1 Å². The number of hydrogen-bond donors (Lipinski definition) is 1. The van der Waals surface area contributed by atoms with Gasteiger partial charge in [0.1, 0.15) is 5.82 Å². The highest BCUT2D eigenvalue weighted by atomic mass is 35.5. The maximum absolute atomic E-state index is 13.8. The second-order valence-electron chi connectivity index (χ2n) is 3.94. The third-order valence-electron chi connectivity index (χ3n) is 2.68. The zero-order valence-corrected chi connectivity index (χ0v) is 11.3. The van der Waals surface area contributed by atoms with Crippen LogP contribution >= 0.6 is 23.2 Å². The molecule has 0 aliphatic carbocycles. The van der Waals surface area contributed by atoms with E-state index in [0.717, 1.165) is 11.1 Å². The summed E-state index contributed by atoms with van der Waals surface area (Å²) >= 11 is 12.1. The average Bonchev–Trinajstić information content (AvgIpc) is 2.35. The summed E-state index contributed by atoms with van der Waals surface area (Å²) in [5.74, 6) is -0.252. The van der Waals surface area contributed by atoms with Crippen molar-refractivity contribution in [2.45, 2.75) is 6.54 Å². The molecule has 2 aromatic carbocycles. The van der Waals surface area contributed by atoms with Crippen molar-refractivity contribution in [3.63, 3.8) is 0 Å². The van der Waals surface area contributed by atoms with E-state index in [1.807, 2.05) is 12.1 Å². The van der Waals surface area contributed by atoms with Crippen molar-refractivity contribution in [2.24, 2.45) is 0 Å². The summed E-state index contributed by atoms with van der Waals surface area (Å²) in [7, 11) is 1.78. The molecule has 18 heavy (non-hydrogen) atoms. The van der Waals surface area contributed by atoms with Crippen LogP contribution in [-0.4, -0.2) is 7.05 Å². The molecule has 0 bridgehead atoms. The zero-order valence-electron chi connectivity index (χ0n) is 9.81. The molecule has 0 heterocycles. The first-order valence-electron chi connectivity index (χ1n) is 5.51. The first-order valence-corrected chi connectivity index (χ1v) is 6.26. The number of benzene rings is 2. The quantitative estimate of drug-likeness (QED) is 0.873. The minimum atomic E-state index is -0.252. The van der Waals surface area contributed by atoms with Crippen LogP contribution in [0.3, 0.4) is 0 Å². The van der Waals surface area contributed by atoms with Gasteiger partial charge in [-0.1, -0.05) is 47.5 Å². The van der Waals surface area contributed by atoms with Crippen molar-refractivity contribution < 1.29 is 4.39 Å². The average molecular weight is 284 g/mol. The second-order valence-corrected chi connectivity index (χ2v) is 4.72. The molecule has 1 nitrogen and oxygen atoms in total. The van der Waals surface area contributed by atoms with Crippen LogP contribution in [0.4, 0.5) is 4.39 Å². The van der Waals surface area contributed by atoms with E-state index in [-0.39, 0.29) is 5.82 Å². The molecule has 0 saturated heterocycles. The van der Waals surface area contributed by atoms with Gasteiger partial charge >= 0.3 is 0 Å². The summed E-state index contributed by atoms with van der Waals surface area (Å²) in [4.78, 5) is 0. The van der Waals surface area contributed by atoms with Gasteiger partial charge in [0, 0.05) is 17.7 Å². The molecule has 0 unspecified atom stereocenters. The Hall–Kier alpha value is -1.09. The van der Waals surface area contributed by atoms with Crippen LogP contribution in [-0.2, 0) is 6.54 Å². The van der Waals surface area contributed by atoms with Crippen LogP contribution in [0.2, 0.25) is 10.0 Å². The van der Waals surface area contributed by atoms with E-state index in [9.17, 15) is 4.39 Å². The predicted molar refractivity (Wildman–Crippen MR) is 74.6 cm³/mol. The second kappa shape index (κ2) is 5.70. The maximum atomic E-state index is 13.8. The van der Waals surface area contributed by atoms with Crippen LogP contribution in [0.25, 0.3) is 11.1 Å². The Balaban J connectivity index is 2.46. The van der Waals surface area contributed by atoms with E-state index in [0.29, 0.717) is 22.2 Å². The van der Waals surface area contributed by atoms with Gasteiger partial charge in [-0.2, -0.15) is 0 Å². The summed E-state index contributed by atoms with van der Waals surface area (Å²) < 4.78 is 13.8. The first kappa shape index (κ1) is 13.3. The van der Waals surface area contributed by atoms with Crippen molar-refractivity contribution >= 4 is 23.2 Å². The number of hydrogen-bond acceptors (Lipinski definition) is 1. The van der Waals surface area contributed by atoms with Gasteiger partial charge in [0.05, 0.1) is 10.0 Å². The van der Waals surface area contributed by atoms with E-state index in [2.05, 4.69) is 5.32 Å². The monoisotopic (exact) mass is 283 g/mol. The van der Waals surface area contributed by atoms with Crippen molar-refractivity contribution in [3.05, 3.63) is 57.8 Å². The van der Waals surface area contributed by atoms with Gasteiger partial charge in [-0.05, 0) is 24.7 Å². The summed E-state index contributed by atoms with van der Waals surface area (Å²) in [6.07, 6.45) is 0. The van der Waals surface area contributed by atoms with E-state index in [4.69, 9.17) is 23.2 Å². The van der Waals surface area contributed by atoms with Crippen LogP contribution in [0.15, 0.2) is 36.4 Å². The van der Waals surface area contributed by atoms with Crippen LogP contribution in [0.1, 0.15) is 5.56 Å². The summed E-state index contributed by atoms with van der Waals surface area (Å²) in [5.41, 5.74) is 2.08. The highest BCUT2D eigenvalue weighted by Crippen LogP contribution is 2.33. The largest absolute Gasteiger partial charge is 0.316 e. The predicted octanol–water partition coefficient (Wildman–Crippen LogP) is 4.52. The Morgan fingerprint density at radius 3 is 2.61 bits per heavy atom. The Bertz CT molecular complexity index is 570. The molecule has 0 aromatic heterocycles. The fraction of sp³-hybridized carbons (Fsp3) is 0.143. The third kappa shape index (κ3) is 2.66. The van der Waals surface area contributed by atoms with Gasteiger partial charge in [0.25, 0.3) is 0 Å². The fourth-order valence-electron chi connectivity index (χ4n) is 1.78. The molecule has 0 atom stereocenters. The standard InChI is InChI=1S/C14H12Cl2FN/c1-18-8-10-6-5-9(7-13(10)17)11-3-2-4-12(15)14(11)16/h2-7,18H,8H2,1H3. The third-order valence-corrected chi connectivity index (χ3v) is 3.50. The molecule has 4 heteroatoms. The van der Waals surface area contributed by atoms with Gasteiger partial charge in [-0.25, -0.2) is 4.39 Å². The number of rotatable bonds is 3. The van der Waals surface area contributed by atoms with E-state index >= 15 is 0 Å². The SMILES string of the molecule is CNCc1ccc(-c2cccc(Cl)c2Cl)cc1F. The molecule has 2 aromatic rings. The number of nitrogens with one attached hydrogen (secondary N) is 1. The van der Waals surface area contributed by atoms with Gasteiger partial charge in [-0.3, -0.25) is 0 Å². The molecule has 0 fully saturated rings. The first-order chi connectivity index (χ1) is 8.63. The number of halogens is 3. The maximum Gasteiger partial charge on any atom is 0.128 e. The topological polar surface area (TPSA) is 12.0 Å².